The van der Waals surface area contributed by atoms with Crippen LogP contribution in [0.1, 0.15) is 22.3 Å². The number of furan rings is 1. The van der Waals surface area contributed by atoms with Gasteiger partial charge in [0.05, 0.1) is 21.8 Å². The van der Waals surface area contributed by atoms with Gasteiger partial charge in [-0.3, -0.25) is 0 Å². The zero-order valence-electron chi connectivity index (χ0n) is 38.2. The lowest BCUT2D eigenvalue weighted by Crippen LogP contribution is -2.28. The Hall–Kier alpha value is -9.18. The molecule has 3 heteroatoms. The maximum Gasteiger partial charge on any atom is 0.145 e. The van der Waals surface area contributed by atoms with Crippen molar-refractivity contribution in [3.8, 4) is 39.1 Å². The molecule has 2 aromatic heterocycles. The first-order chi connectivity index (χ1) is 34.7. The molecule has 0 saturated heterocycles. The first kappa shape index (κ1) is 39.9. The Bertz CT molecular complexity index is 4040. The van der Waals surface area contributed by atoms with E-state index in [1.807, 2.05) is 0 Å². The van der Waals surface area contributed by atoms with Crippen LogP contribution in [-0.4, -0.2) is 4.57 Å². The summed E-state index contributed by atoms with van der Waals surface area (Å²) in [7, 11) is 0. The highest BCUT2D eigenvalue weighted by atomic mass is 16.3. The van der Waals surface area contributed by atoms with Crippen LogP contribution in [0.15, 0.2) is 271 Å². The number of para-hydroxylation sites is 3. The van der Waals surface area contributed by atoms with Crippen LogP contribution in [0.3, 0.4) is 0 Å². The number of benzene rings is 11. The predicted molar refractivity (Wildman–Crippen MR) is 291 cm³/mol. The van der Waals surface area contributed by atoms with Crippen molar-refractivity contribution < 1.29 is 4.42 Å². The third kappa shape index (κ3) is 6.01. The molecular weight excluding hydrogens is 849 g/mol. The molecule has 2 heterocycles. The number of anilines is 3. The van der Waals surface area contributed by atoms with E-state index in [0.29, 0.717) is 0 Å². The number of hydrogen-bond acceptors (Lipinski definition) is 2. The highest BCUT2D eigenvalue weighted by Gasteiger charge is 2.46. The van der Waals surface area contributed by atoms with Crippen molar-refractivity contribution in [1.29, 1.82) is 0 Å². The van der Waals surface area contributed by atoms with E-state index in [2.05, 4.69) is 276 Å². The largest absolute Gasteiger partial charge is 0.455 e. The molecule has 0 atom stereocenters. The van der Waals surface area contributed by atoms with Gasteiger partial charge in [-0.15, -0.1) is 0 Å². The molecule has 0 saturated carbocycles. The summed E-state index contributed by atoms with van der Waals surface area (Å²) >= 11 is 0. The summed E-state index contributed by atoms with van der Waals surface area (Å²) < 4.78 is 9.46. The molecule has 13 aromatic rings. The second-order valence-electron chi connectivity index (χ2n) is 18.4. The van der Waals surface area contributed by atoms with Crippen LogP contribution in [0, 0.1) is 0 Å². The molecule has 0 fully saturated rings. The average Bonchev–Trinajstić information content (AvgIpc) is 4.09. The molecule has 1 aliphatic rings. The van der Waals surface area contributed by atoms with Gasteiger partial charge in [-0.05, 0) is 117 Å². The number of fused-ring (bicyclic) bond motifs is 10. The van der Waals surface area contributed by atoms with Crippen LogP contribution in [0.25, 0.3) is 82.8 Å². The van der Waals surface area contributed by atoms with E-state index in [9.17, 15) is 0 Å². The first-order valence-corrected chi connectivity index (χ1v) is 24.1. The first-order valence-electron chi connectivity index (χ1n) is 24.1. The van der Waals surface area contributed by atoms with E-state index in [4.69, 9.17) is 4.42 Å². The van der Waals surface area contributed by atoms with E-state index in [1.165, 1.54) is 49.9 Å². The number of rotatable bonds is 8. The van der Waals surface area contributed by atoms with Gasteiger partial charge in [0, 0.05) is 44.5 Å². The number of hydrogen-bond donors (Lipinski definition) is 0. The van der Waals surface area contributed by atoms with Gasteiger partial charge in [0.1, 0.15) is 11.2 Å². The molecule has 3 nitrogen and oxygen atoms in total. The van der Waals surface area contributed by atoms with Crippen molar-refractivity contribution in [1.82, 2.24) is 4.57 Å². The van der Waals surface area contributed by atoms with E-state index in [0.717, 1.165) is 72.2 Å². The third-order valence-corrected chi connectivity index (χ3v) is 14.7. The Labute approximate surface area is 406 Å². The highest BCUT2D eigenvalue weighted by molar-refractivity contribution is 6.24. The fraction of sp³-hybridized carbons (Fsp3) is 0.0149. The van der Waals surface area contributed by atoms with Crippen LogP contribution in [0.5, 0.6) is 0 Å². The van der Waals surface area contributed by atoms with Gasteiger partial charge in [-0.25, -0.2) is 0 Å². The summed E-state index contributed by atoms with van der Waals surface area (Å²) in [5, 5.41) is 4.52. The van der Waals surface area contributed by atoms with Crippen LogP contribution in [-0.2, 0) is 5.41 Å². The monoisotopic (exact) mass is 892 g/mol. The fourth-order valence-electron chi connectivity index (χ4n) is 11.6. The maximum absolute atomic E-state index is 7.11. The molecule has 0 radical (unpaired) electrons. The van der Waals surface area contributed by atoms with Crippen LogP contribution in [0.4, 0.5) is 17.1 Å². The normalized spacial score (nSPS) is 12.7. The van der Waals surface area contributed by atoms with Crippen molar-refractivity contribution in [2.45, 2.75) is 5.41 Å². The second-order valence-corrected chi connectivity index (χ2v) is 18.4. The minimum absolute atomic E-state index is 0.523. The molecule has 0 spiro atoms. The molecule has 328 valence electrons. The summed E-state index contributed by atoms with van der Waals surface area (Å²) in [6, 6.07) is 97.0. The van der Waals surface area contributed by atoms with Gasteiger partial charge in [0.25, 0.3) is 0 Å². The van der Waals surface area contributed by atoms with Crippen molar-refractivity contribution in [3.05, 3.63) is 289 Å². The minimum atomic E-state index is -0.523. The van der Waals surface area contributed by atoms with Crippen molar-refractivity contribution in [3.63, 3.8) is 0 Å². The quantitative estimate of drug-likeness (QED) is 0.152. The Kier molecular flexibility index (Phi) is 9.11. The summed E-state index contributed by atoms with van der Waals surface area (Å²) in [6.07, 6.45) is 0. The molecule has 70 heavy (non-hydrogen) atoms. The SMILES string of the molecule is c1ccc(-c2ccc(N(c3ccc(-c4cccc5c4oc4c5ccc5c4c4ccccc4n5-c4ccccc4)cc3)c3ccc4c(c3)C(c3ccccc3)(c3ccccc3)c3ccccc3-4)cc2)cc1. The standard InChI is InChI=1S/C67H44N2O/c1-5-18-45(19-6-1)46-32-36-51(37-33-46)68(53-40-41-56-55-26-13-15-30-60(55)67(61(56)44-53,48-20-7-2-8-21-48)49-22-9-3-10-23-49)52-38-34-47(35-39-52)54-28-17-29-57-58-42-43-63-64(66(58)70-65(54)57)59-27-14-16-31-62(59)69(63)50-24-11-4-12-25-50/h1-44H. The van der Waals surface area contributed by atoms with E-state index in [1.54, 1.807) is 0 Å². The van der Waals surface area contributed by atoms with E-state index >= 15 is 0 Å². The van der Waals surface area contributed by atoms with E-state index < -0.39 is 5.41 Å². The summed E-state index contributed by atoms with van der Waals surface area (Å²) in [6.45, 7) is 0. The van der Waals surface area contributed by atoms with Gasteiger partial charge in [-0.2, -0.15) is 0 Å². The van der Waals surface area contributed by atoms with E-state index in [-0.39, 0.29) is 0 Å². The smallest absolute Gasteiger partial charge is 0.145 e. The number of aromatic nitrogens is 1. The Balaban J connectivity index is 0.933. The molecule has 0 N–H and O–H groups in total. The van der Waals surface area contributed by atoms with Gasteiger partial charge in [0.15, 0.2) is 0 Å². The molecular formula is C67H44N2O. The topological polar surface area (TPSA) is 21.3 Å². The summed E-state index contributed by atoms with van der Waals surface area (Å²) in [5.41, 5.74) is 20.0. The molecule has 0 aliphatic heterocycles. The Morgan fingerprint density at radius 2 is 0.857 bits per heavy atom. The lowest BCUT2D eigenvalue weighted by molar-refractivity contribution is 0.674. The van der Waals surface area contributed by atoms with Gasteiger partial charge >= 0.3 is 0 Å². The third-order valence-electron chi connectivity index (χ3n) is 14.7. The van der Waals surface area contributed by atoms with Crippen molar-refractivity contribution in [2.75, 3.05) is 4.90 Å². The van der Waals surface area contributed by atoms with Crippen molar-refractivity contribution >= 4 is 60.8 Å². The molecule has 0 bridgehead atoms. The van der Waals surface area contributed by atoms with Gasteiger partial charge < -0.3 is 13.9 Å². The van der Waals surface area contributed by atoms with Crippen molar-refractivity contribution in [2.24, 2.45) is 0 Å². The van der Waals surface area contributed by atoms with Crippen LogP contribution in [0.2, 0.25) is 0 Å². The van der Waals surface area contributed by atoms with Crippen LogP contribution < -0.4 is 4.90 Å². The van der Waals surface area contributed by atoms with Crippen LogP contribution >= 0.6 is 0 Å². The molecule has 14 rings (SSSR count). The zero-order chi connectivity index (χ0) is 46.2. The molecule has 1 aliphatic carbocycles. The predicted octanol–water partition coefficient (Wildman–Crippen LogP) is 17.8. The zero-order valence-corrected chi connectivity index (χ0v) is 38.2. The Morgan fingerprint density at radius 1 is 0.329 bits per heavy atom. The lowest BCUT2D eigenvalue weighted by Gasteiger charge is -2.35. The molecule has 0 amide bonds. The summed E-state index contributed by atoms with van der Waals surface area (Å²) in [5.74, 6) is 0. The lowest BCUT2D eigenvalue weighted by atomic mass is 9.67. The maximum atomic E-state index is 7.11. The Morgan fingerprint density at radius 3 is 1.57 bits per heavy atom. The molecule has 0 unspecified atom stereocenters. The highest BCUT2D eigenvalue weighted by Crippen LogP contribution is 2.57. The average molecular weight is 893 g/mol. The second kappa shape index (κ2) is 16.0. The minimum Gasteiger partial charge on any atom is -0.455 e. The van der Waals surface area contributed by atoms with Gasteiger partial charge in [-0.1, -0.05) is 200 Å². The van der Waals surface area contributed by atoms with Gasteiger partial charge in [0.2, 0.25) is 0 Å². The fourth-order valence-corrected chi connectivity index (χ4v) is 11.6. The molecule has 11 aromatic carbocycles. The number of nitrogens with zero attached hydrogens (tertiary/aromatic N) is 2. The summed E-state index contributed by atoms with van der Waals surface area (Å²) in [4.78, 5) is 2.41.